The van der Waals surface area contributed by atoms with E-state index in [1.54, 1.807) is 6.92 Å². The van der Waals surface area contributed by atoms with Crippen LogP contribution in [0.1, 0.15) is 5.56 Å². The molecular weight excluding hydrogens is 290 g/mol. The number of nitrogen functional groups attached to an aromatic ring is 1. The molecule has 2 rings (SSSR count). The minimum atomic E-state index is -3.91. The van der Waals surface area contributed by atoms with Gasteiger partial charge >= 0.3 is 0 Å². The number of hydrogen-bond acceptors (Lipinski definition) is 6. The van der Waals surface area contributed by atoms with Crippen LogP contribution in [-0.2, 0) is 10.0 Å². The van der Waals surface area contributed by atoms with Gasteiger partial charge in [-0.3, -0.25) is 0 Å². The third-order valence-electron chi connectivity index (χ3n) is 2.32. The van der Waals surface area contributed by atoms with Crippen molar-refractivity contribution in [1.29, 1.82) is 0 Å². The SMILES string of the molecule is Cc1cc(Cl)c(S(=O)(=O)Nc2nccnn2)cc1N. The average molecular weight is 300 g/mol. The fourth-order valence-electron chi connectivity index (χ4n) is 1.34. The second-order valence-electron chi connectivity index (χ2n) is 3.71. The van der Waals surface area contributed by atoms with E-state index >= 15 is 0 Å². The lowest BCUT2D eigenvalue weighted by Gasteiger charge is -2.09. The maximum absolute atomic E-state index is 12.1. The van der Waals surface area contributed by atoms with Gasteiger partial charge in [0.15, 0.2) is 0 Å². The fourth-order valence-corrected chi connectivity index (χ4v) is 2.91. The van der Waals surface area contributed by atoms with Crippen LogP contribution in [0.3, 0.4) is 0 Å². The van der Waals surface area contributed by atoms with Crippen LogP contribution in [-0.4, -0.2) is 23.6 Å². The maximum Gasteiger partial charge on any atom is 0.265 e. The number of sulfonamides is 1. The Kier molecular flexibility index (Phi) is 3.54. The van der Waals surface area contributed by atoms with Gasteiger partial charge in [0.25, 0.3) is 16.0 Å². The van der Waals surface area contributed by atoms with Gasteiger partial charge in [-0.2, -0.15) is 5.10 Å². The van der Waals surface area contributed by atoms with Crippen molar-refractivity contribution in [2.45, 2.75) is 11.8 Å². The first-order valence-electron chi connectivity index (χ1n) is 5.12. The van der Waals surface area contributed by atoms with Crippen LogP contribution in [0.4, 0.5) is 11.6 Å². The predicted octanol–water partition coefficient (Wildman–Crippen LogP) is 1.22. The third-order valence-corrected chi connectivity index (χ3v) is 4.11. The minimum absolute atomic E-state index is 0.0723. The molecule has 0 spiro atoms. The fraction of sp³-hybridized carbons (Fsp3) is 0.100. The Hall–Kier alpha value is -1.93. The first kappa shape index (κ1) is 13.5. The highest BCUT2D eigenvalue weighted by Gasteiger charge is 2.20. The van der Waals surface area contributed by atoms with E-state index in [1.807, 2.05) is 0 Å². The van der Waals surface area contributed by atoms with Crippen molar-refractivity contribution in [2.24, 2.45) is 0 Å². The number of anilines is 2. The number of nitrogens with two attached hydrogens (primary N) is 1. The largest absolute Gasteiger partial charge is 0.398 e. The monoisotopic (exact) mass is 299 g/mol. The van der Waals surface area contributed by atoms with Gasteiger partial charge in [-0.25, -0.2) is 18.1 Å². The number of aryl methyl sites for hydroxylation is 1. The Morgan fingerprint density at radius 2 is 2.05 bits per heavy atom. The van der Waals surface area contributed by atoms with E-state index in [9.17, 15) is 8.42 Å². The predicted molar refractivity (Wildman–Crippen MR) is 71.2 cm³/mol. The topological polar surface area (TPSA) is 111 Å². The summed E-state index contributed by atoms with van der Waals surface area (Å²) in [7, 11) is -3.91. The molecule has 0 radical (unpaired) electrons. The lowest BCUT2D eigenvalue weighted by molar-refractivity contribution is 0.600. The molecule has 0 bridgehead atoms. The Labute approximate surface area is 114 Å². The highest BCUT2D eigenvalue weighted by atomic mass is 35.5. The second-order valence-corrected chi connectivity index (χ2v) is 5.77. The van der Waals surface area contributed by atoms with Gasteiger partial charge in [0, 0.05) is 5.69 Å². The summed E-state index contributed by atoms with van der Waals surface area (Å²) in [5.41, 5.74) is 6.71. The van der Waals surface area contributed by atoms with Crippen molar-refractivity contribution < 1.29 is 8.42 Å². The van der Waals surface area contributed by atoms with Gasteiger partial charge in [-0.15, -0.1) is 5.10 Å². The van der Waals surface area contributed by atoms with Gasteiger partial charge in [0.2, 0.25) is 0 Å². The smallest absolute Gasteiger partial charge is 0.265 e. The molecule has 19 heavy (non-hydrogen) atoms. The number of nitrogens with one attached hydrogen (secondary N) is 1. The van der Waals surface area contributed by atoms with E-state index in [4.69, 9.17) is 17.3 Å². The van der Waals surface area contributed by atoms with Gasteiger partial charge < -0.3 is 5.73 Å². The van der Waals surface area contributed by atoms with E-state index < -0.39 is 10.0 Å². The standard InChI is InChI=1S/C10H10ClN5O2S/c1-6-4-7(11)9(5-8(6)12)19(17,18)16-10-13-2-3-14-15-10/h2-5H,12H2,1H3,(H,13,15,16). The molecule has 3 N–H and O–H groups in total. The molecule has 0 fully saturated rings. The van der Waals surface area contributed by atoms with Gasteiger partial charge in [-0.05, 0) is 24.6 Å². The van der Waals surface area contributed by atoms with E-state index in [0.717, 1.165) is 0 Å². The van der Waals surface area contributed by atoms with Gasteiger partial charge in [0.1, 0.15) is 4.90 Å². The lowest BCUT2D eigenvalue weighted by Crippen LogP contribution is -2.16. The van der Waals surface area contributed by atoms with E-state index in [0.29, 0.717) is 11.3 Å². The molecule has 7 nitrogen and oxygen atoms in total. The Balaban J connectivity index is 2.43. The Morgan fingerprint density at radius 3 is 2.68 bits per heavy atom. The zero-order chi connectivity index (χ0) is 14.0. The van der Waals surface area contributed by atoms with Crippen molar-refractivity contribution in [3.63, 3.8) is 0 Å². The van der Waals surface area contributed by atoms with Crippen molar-refractivity contribution in [3.8, 4) is 0 Å². The van der Waals surface area contributed by atoms with Crippen molar-refractivity contribution >= 4 is 33.3 Å². The maximum atomic E-state index is 12.1. The molecule has 0 saturated heterocycles. The molecule has 0 atom stereocenters. The lowest BCUT2D eigenvalue weighted by atomic mass is 10.2. The number of hydrogen-bond donors (Lipinski definition) is 2. The van der Waals surface area contributed by atoms with E-state index in [2.05, 4.69) is 19.9 Å². The molecule has 0 aliphatic carbocycles. The number of benzene rings is 1. The highest BCUT2D eigenvalue weighted by molar-refractivity contribution is 7.92. The summed E-state index contributed by atoms with van der Waals surface area (Å²) >= 11 is 5.92. The summed E-state index contributed by atoms with van der Waals surface area (Å²) in [4.78, 5) is 3.59. The zero-order valence-corrected chi connectivity index (χ0v) is 11.4. The van der Waals surface area contributed by atoms with Crippen LogP contribution in [0.15, 0.2) is 29.4 Å². The van der Waals surface area contributed by atoms with Crippen LogP contribution in [0, 0.1) is 6.92 Å². The molecule has 0 unspecified atom stereocenters. The van der Waals surface area contributed by atoms with E-state index in [1.165, 1.54) is 24.5 Å². The number of nitrogens with zero attached hydrogens (tertiary/aromatic N) is 3. The normalized spacial score (nSPS) is 11.3. The number of aromatic nitrogens is 3. The summed E-state index contributed by atoms with van der Waals surface area (Å²) in [6.45, 7) is 1.73. The molecule has 0 saturated carbocycles. The highest BCUT2D eigenvalue weighted by Crippen LogP contribution is 2.27. The van der Waals surface area contributed by atoms with Crippen LogP contribution >= 0.6 is 11.6 Å². The molecule has 100 valence electrons. The van der Waals surface area contributed by atoms with Crippen LogP contribution in [0.2, 0.25) is 5.02 Å². The molecule has 1 aromatic carbocycles. The molecule has 9 heteroatoms. The zero-order valence-electron chi connectivity index (χ0n) is 9.83. The molecular formula is C10H10ClN5O2S. The molecule has 0 aliphatic rings. The number of rotatable bonds is 3. The van der Waals surface area contributed by atoms with Crippen molar-refractivity contribution in [2.75, 3.05) is 10.5 Å². The summed E-state index contributed by atoms with van der Waals surface area (Å²) in [5.74, 6) is -0.141. The quantitative estimate of drug-likeness (QED) is 0.824. The van der Waals surface area contributed by atoms with Crippen LogP contribution in [0.25, 0.3) is 0 Å². The van der Waals surface area contributed by atoms with Crippen molar-refractivity contribution in [3.05, 3.63) is 35.1 Å². The first-order valence-corrected chi connectivity index (χ1v) is 6.98. The molecule has 1 heterocycles. The summed E-state index contributed by atoms with van der Waals surface area (Å²) in [5, 5.41) is 7.13. The van der Waals surface area contributed by atoms with Gasteiger partial charge in [0.05, 0.1) is 17.4 Å². The molecule has 2 aromatic rings. The Morgan fingerprint density at radius 1 is 1.32 bits per heavy atom. The third kappa shape index (κ3) is 2.91. The number of halogens is 1. The summed E-state index contributed by atoms with van der Waals surface area (Å²) in [6, 6.07) is 2.77. The second kappa shape index (κ2) is 4.98. The Bertz CT molecular complexity index is 705. The van der Waals surface area contributed by atoms with Gasteiger partial charge in [-0.1, -0.05) is 11.6 Å². The molecule has 0 aliphatic heterocycles. The summed E-state index contributed by atoms with van der Waals surface area (Å²) in [6.07, 6.45) is 2.64. The molecule has 0 amide bonds. The average Bonchev–Trinajstić information content (AvgIpc) is 2.34. The van der Waals surface area contributed by atoms with E-state index in [-0.39, 0.29) is 15.9 Å². The molecule has 1 aromatic heterocycles. The first-order chi connectivity index (χ1) is 8.90. The van der Waals surface area contributed by atoms with Crippen molar-refractivity contribution in [1.82, 2.24) is 15.2 Å². The summed E-state index contributed by atoms with van der Waals surface area (Å²) < 4.78 is 26.4. The minimum Gasteiger partial charge on any atom is -0.398 e. The van der Waals surface area contributed by atoms with Crippen LogP contribution in [0.5, 0.6) is 0 Å². The van der Waals surface area contributed by atoms with Crippen LogP contribution < -0.4 is 10.5 Å².